The predicted octanol–water partition coefficient (Wildman–Crippen LogP) is 4.61. The van der Waals surface area contributed by atoms with Gasteiger partial charge in [-0.05, 0) is 77.3 Å². The SMILES string of the molecule is Cc1cc(OCCOCC[P+](=O)O)ccc1CCc1cnc2c(N)nc3cc(CCC(=O)O)ccc3c2c1. The van der Waals surface area contributed by atoms with Gasteiger partial charge in [0.25, 0.3) is 0 Å². The minimum Gasteiger partial charge on any atom is -0.491 e. The van der Waals surface area contributed by atoms with Crippen LogP contribution in [-0.2, 0) is 33.4 Å². The molecule has 198 valence electrons. The third-order valence-corrected chi connectivity index (χ3v) is 6.89. The van der Waals surface area contributed by atoms with Crippen molar-refractivity contribution in [3.05, 3.63) is 70.9 Å². The molecular weight excluding hydrogens is 505 g/mol. The van der Waals surface area contributed by atoms with Crippen molar-refractivity contribution in [2.24, 2.45) is 0 Å². The molecule has 0 radical (unpaired) electrons. The minimum absolute atomic E-state index is 0.0665. The fourth-order valence-corrected chi connectivity index (χ4v) is 4.61. The first-order valence-electron chi connectivity index (χ1n) is 12.4. The van der Waals surface area contributed by atoms with Crippen LogP contribution < -0.4 is 10.5 Å². The summed E-state index contributed by atoms with van der Waals surface area (Å²) in [7, 11) is -2.16. The first-order valence-corrected chi connectivity index (χ1v) is 13.8. The number of anilines is 1. The minimum atomic E-state index is -2.16. The number of nitrogens with two attached hydrogens (primary N) is 1. The highest BCUT2D eigenvalue weighted by atomic mass is 31.1. The molecule has 2 heterocycles. The molecule has 38 heavy (non-hydrogen) atoms. The molecule has 0 aliphatic carbocycles. The van der Waals surface area contributed by atoms with Crippen molar-refractivity contribution in [1.82, 2.24) is 9.97 Å². The van der Waals surface area contributed by atoms with Gasteiger partial charge in [-0.25, -0.2) is 4.98 Å². The molecule has 4 N–H and O–H groups in total. The zero-order chi connectivity index (χ0) is 27.1. The van der Waals surface area contributed by atoms with E-state index in [1.807, 2.05) is 36.5 Å². The molecule has 0 saturated heterocycles. The van der Waals surface area contributed by atoms with E-state index < -0.39 is 14.0 Å². The summed E-state index contributed by atoms with van der Waals surface area (Å²) in [5, 5.41) is 10.8. The second-order valence-corrected chi connectivity index (χ2v) is 10.3. The van der Waals surface area contributed by atoms with Crippen LogP contribution >= 0.6 is 8.03 Å². The van der Waals surface area contributed by atoms with Gasteiger partial charge in [-0.3, -0.25) is 9.78 Å². The van der Waals surface area contributed by atoms with Gasteiger partial charge in [0.05, 0.1) is 18.7 Å². The van der Waals surface area contributed by atoms with Gasteiger partial charge in [0, 0.05) is 23.4 Å². The summed E-state index contributed by atoms with van der Waals surface area (Å²) in [6.45, 7) is 3.02. The number of aryl methyl sites for hydroxylation is 4. The highest BCUT2D eigenvalue weighted by molar-refractivity contribution is 7.38. The number of ether oxygens (including phenoxy) is 2. The number of carbonyl (C=O) groups is 1. The number of hydrogen-bond donors (Lipinski definition) is 3. The Morgan fingerprint density at radius 3 is 2.61 bits per heavy atom. The number of carboxylic acid groups (broad SMARTS) is 1. The van der Waals surface area contributed by atoms with Crippen LogP contribution in [0.1, 0.15) is 28.7 Å². The number of benzene rings is 2. The maximum Gasteiger partial charge on any atom is 0.507 e. The van der Waals surface area contributed by atoms with E-state index >= 15 is 0 Å². The van der Waals surface area contributed by atoms with Crippen molar-refractivity contribution in [2.45, 2.75) is 32.6 Å². The lowest BCUT2D eigenvalue weighted by molar-refractivity contribution is -0.136. The fourth-order valence-electron chi connectivity index (χ4n) is 4.32. The Hall–Kier alpha value is -3.65. The first-order chi connectivity index (χ1) is 18.3. The Kier molecular flexibility index (Phi) is 9.18. The number of aromatic nitrogens is 2. The largest absolute Gasteiger partial charge is 0.507 e. The number of aliphatic carboxylic acids is 1. The summed E-state index contributed by atoms with van der Waals surface area (Å²) < 4.78 is 21.7. The van der Waals surface area contributed by atoms with Crippen LogP contribution in [0.4, 0.5) is 5.82 Å². The zero-order valence-corrected chi connectivity index (χ0v) is 22.1. The van der Waals surface area contributed by atoms with Crippen molar-refractivity contribution < 1.29 is 28.8 Å². The number of pyridine rings is 2. The van der Waals surface area contributed by atoms with Crippen LogP contribution in [0.3, 0.4) is 0 Å². The van der Waals surface area contributed by atoms with Gasteiger partial charge in [-0.1, -0.05) is 18.2 Å². The van der Waals surface area contributed by atoms with Crippen molar-refractivity contribution in [3.8, 4) is 5.75 Å². The van der Waals surface area contributed by atoms with Crippen molar-refractivity contribution >= 4 is 41.6 Å². The first kappa shape index (κ1) is 27.4. The van der Waals surface area contributed by atoms with E-state index in [4.69, 9.17) is 25.2 Å². The Balaban J connectivity index is 1.42. The standard InChI is InChI=1S/C28H30N3O6P/c1-18-14-22(37-11-10-36-12-13-38(34)35)7-6-21(18)5-2-20-15-24-23-8-3-19(4-9-26(32)33)16-25(23)31-28(29)27(24)30-17-20/h3,6-8,14-17H,2,4-5,9-13H2,1H3,(H3-,29,31,32,33,34,35)/p+1. The van der Waals surface area contributed by atoms with Crippen molar-refractivity contribution in [1.29, 1.82) is 0 Å². The normalized spacial score (nSPS) is 11.7. The van der Waals surface area contributed by atoms with E-state index in [2.05, 4.69) is 29.0 Å². The molecule has 4 rings (SSSR count). The summed E-state index contributed by atoms with van der Waals surface area (Å²) in [5.74, 6) is 0.283. The Bertz CT molecular complexity index is 1480. The maximum absolute atomic E-state index is 10.9. The van der Waals surface area contributed by atoms with E-state index in [0.29, 0.717) is 31.0 Å². The average molecular weight is 537 g/mol. The van der Waals surface area contributed by atoms with E-state index in [1.165, 1.54) is 5.56 Å². The lowest BCUT2D eigenvalue weighted by Gasteiger charge is -2.12. The fraction of sp³-hybridized carbons (Fsp3) is 0.321. The highest BCUT2D eigenvalue weighted by Crippen LogP contribution is 2.29. The van der Waals surface area contributed by atoms with Gasteiger partial charge < -0.3 is 20.3 Å². The number of hydrogen-bond acceptors (Lipinski definition) is 7. The van der Waals surface area contributed by atoms with E-state index in [9.17, 15) is 9.36 Å². The molecule has 2 aromatic carbocycles. The number of nitrogens with zero attached hydrogens (tertiary/aromatic N) is 2. The van der Waals surface area contributed by atoms with Crippen LogP contribution in [0.2, 0.25) is 0 Å². The monoisotopic (exact) mass is 536 g/mol. The van der Waals surface area contributed by atoms with Crippen LogP contribution in [0.15, 0.2) is 48.7 Å². The van der Waals surface area contributed by atoms with Crippen LogP contribution in [-0.4, -0.2) is 51.9 Å². The van der Waals surface area contributed by atoms with Gasteiger partial charge in [0.15, 0.2) is 5.82 Å². The predicted molar refractivity (Wildman–Crippen MR) is 147 cm³/mol. The zero-order valence-electron chi connectivity index (χ0n) is 21.2. The third-order valence-electron chi connectivity index (χ3n) is 6.33. The van der Waals surface area contributed by atoms with Crippen LogP contribution in [0.5, 0.6) is 5.75 Å². The van der Waals surface area contributed by atoms with Gasteiger partial charge in [-0.15, -0.1) is 0 Å². The number of rotatable bonds is 13. The van der Waals surface area contributed by atoms with E-state index in [0.717, 1.165) is 51.6 Å². The lowest BCUT2D eigenvalue weighted by Crippen LogP contribution is -2.08. The molecule has 0 fully saturated rings. The van der Waals surface area contributed by atoms with Crippen LogP contribution in [0, 0.1) is 6.92 Å². The summed E-state index contributed by atoms with van der Waals surface area (Å²) in [6, 6.07) is 13.9. The lowest BCUT2D eigenvalue weighted by atomic mass is 9.99. The summed E-state index contributed by atoms with van der Waals surface area (Å²) in [5.41, 5.74) is 11.9. The average Bonchev–Trinajstić information content (AvgIpc) is 2.88. The topological polar surface area (TPSA) is 145 Å². The van der Waals surface area contributed by atoms with Gasteiger partial charge in [0.2, 0.25) is 6.16 Å². The quantitative estimate of drug-likeness (QED) is 0.127. The van der Waals surface area contributed by atoms with E-state index in [1.54, 1.807) is 0 Å². The molecule has 1 atom stereocenters. The molecule has 0 aliphatic heterocycles. The molecule has 0 saturated carbocycles. The van der Waals surface area contributed by atoms with Gasteiger partial charge in [0.1, 0.15) is 17.9 Å². The van der Waals surface area contributed by atoms with E-state index in [-0.39, 0.29) is 19.2 Å². The molecule has 1 unspecified atom stereocenters. The summed E-state index contributed by atoms with van der Waals surface area (Å²) in [4.78, 5) is 28.8. The number of fused-ring (bicyclic) bond motifs is 3. The second-order valence-electron chi connectivity index (χ2n) is 9.11. The van der Waals surface area contributed by atoms with Gasteiger partial charge in [-0.2, -0.15) is 4.89 Å². The molecule has 0 bridgehead atoms. The number of nitrogen functional groups attached to an aromatic ring is 1. The smallest absolute Gasteiger partial charge is 0.491 e. The summed E-state index contributed by atoms with van der Waals surface area (Å²) >= 11 is 0. The van der Waals surface area contributed by atoms with Crippen molar-refractivity contribution in [3.63, 3.8) is 0 Å². The Morgan fingerprint density at radius 2 is 1.84 bits per heavy atom. The molecule has 0 aliphatic rings. The molecule has 0 spiro atoms. The second kappa shape index (κ2) is 12.7. The number of carboxylic acids is 1. The highest BCUT2D eigenvalue weighted by Gasteiger charge is 2.11. The molecule has 0 amide bonds. The summed E-state index contributed by atoms with van der Waals surface area (Å²) in [6.07, 6.45) is 4.11. The van der Waals surface area contributed by atoms with Crippen molar-refractivity contribution in [2.75, 3.05) is 31.7 Å². The molecular formula is C28H31N3O6P+. The molecule has 9 nitrogen and oxygen atoms in total. The van der Waals surface area contributed by atoms with Gasteiger partial charge >= 0.3 is 14.0 Å². The Morgan fingerprint density at radius 1 is 1.00 bits per heavy atom. The molecule has 2 aromatic heterocycles. The Labute approximate surface area is 221 Å². The molecule has 10 heteroatoms. The molecule has 4 aromatic rings. The van der Waals surface area contributed by atoms with Crippen LogP contribution in [0.25, 0.3) is 21.8 Å². The maximum atomic E-state index is 10.9. The third kappa shape index (κ3) is 7.22.